The van der Waals surface area contributed by atoms with Crippen LogP contribution in [0.4, 0.5) is 11.4 Å². The third kappa shape index (κ3) is 2.92. The Hall–Kier alpha value is -2.04. The summed E-state index contributed by atoms with van der Waals surface area (Å²) in [5.74, 6) is 0.862. The molecule has 1 aromatic carbocycles. The van der Waals surface area contributed by atoms with E-state index in [0.717, 1.165) is 25.9 Å². The molecule has 1 aromatic rings. The number of hydrogen-bond acceptors (Lipinski definition) is 4. The topological polar surface area (TPSA) is 55.6 Å². The molecule has 1 aliphatic heterocycles. The first-order valence-electron chi connectivity index (χ1n) is 6.95. The summed E-state index contributed by atoms with van der Waals surface area (Å²) in [6.07, 6.45) is 3.95. The molecule has 5 nitrogen and oxygen atoms in total. The molecule has 0 N–H and O–H groups in total. The molecule has 0 amide bonds. The maximum absolute atomic E-state index is 11.4. The van der Waals surface area contributed by atoms with Crippen molar-refractivity contribution >= 4 is 11.4 Å². The molecule has 2 rings (SSSR count). The number of ether oxygens (including phenoxy) is 1. The van der Waals surface area contributed by atoms with Crippen molar-refractivity contribution in [3.8, 4) is 5.75 Å². The van der Waals surface area contributed by atoms with Gasteiger partial charge in [-0.25, -0.2) is 0 Å². The zero-order valence-electron chi connectivity index (χ0n) is 11.7. The summed E-state index contributed by atoms with van der Waals surface area (Å²) >= 11 is 0. The average Bonchev–Trinajstić information content (AvgIpc) is 2.47. The molecule has 20 heavy (non-hydrogen) atoms. The molecule has 1 saturated heterocycles. The van der Waals surface area contributed by atoms with Crippen LogP contribution in [-0.4, -0.2) is 24.6 Å². The van der Waals surface area contributed by atoms with Crippen LogP contribution in [0.3, 0.4) is 0 Å². The maximum atomic E-state index is 11.4. The highest BCUT2D eigenvalue weighted by molar-refractivity contribution is 5.70. The Bertz CT molecular complexity index is 494. The molecular formula is C15H20N2O3. The SMILES string of the molecule is C=CC1CCN(c2cccc(OCC)c2[N+](=O)[O-])CC1. The van der Waals surface area contributed by atoms with Crippen molar-refractivity contribution in [1.29, 1.82) is 0 Å². The molecule has 1 fully saturated rings. The molecule has 1 aliphatic rings. The van der Waals surface area contributed by atoms with E-state index in [0.29, 0.717) is 24.0 Å². The van der Waals surface area contributed by atoms with E-state index in [9.17, 15) is 10.1 Å². The second-order valence-electron chi connectivity index (χ2n) is 4.87. The number of hydrogen-bond donors (Lipinski definition) is 0. The van der Waals surface area contributed by atoms with E-state index in [2.05, 4.69) is 11.5 Å². The van der Waals surface area contributed by atoms with Gasteiger partial charge in [-0.2, -0.15) is 0 Å². The fraction of sp³-hybridized carbons (Fsp3) is 0.467. The van der Waals surface area contributed by atoms with Gasteiger partial charge in [0, 0.05) is 13.1 Å². The summed E-state index contributed by atoms with van der Waals surface area (Å²) in [7, 11) is 0. The first-order chi connectivity index (χ1) is 9.67. The van der Waals surface area contributed by atoms with Crippen LogP contribution in [0.15, 0.2) is 30.9 Å². The van der Waals surface area contributed by atoms with Crippen molar-refractivity contribution in [3.05, 3.63) is 41.0 Å². The summed E-state index contributed by atoms with van der Waals surface area (Å²) < 4.78 is 5.39. The van der Waals surface area contributed by atoms with Crippen molar-refractivity contribution in [2.24, 2.45) is 5.92 Å². The summed E-state index contributed by atoms with van der Waals surface area (Å²) in [6.45, 7) is 7.69. The number of para-hydroxylation sites is 1. The number of nitro groups is 1. The fourth-order valence-corrected chi connectivity index (χ4v) is 2.60. The van der Waals surface area contributed by atoms with Crippen LogP contribution in [0.25, 0.3) is 0 Å². The Kier molecular flexibility index (Phi) is 4.61. The van der Waals surface area contributed by atoms with Crippen LogP contribution in [0.5, 0.6) is 5.75 Å². The molecule has 0 aliphatic carbocycles. The van der Waals surface area contributed by atoms with E-state index in [1.165, 1.54) is 0 Å². The lowest BCUT2D eigenvalue weighted by molar-refractivity contribution is -0.385. The van der Waals surface area contributed by atoms with Crippen LogP contribution < -0.4 is 9.64 Å². The largest absolute Gasteiger partial charge is 0.487 e. The van der Waals surface area contributed by atoms with Crippen molar-refractivity contribution in [3.63, 3.8) is 0 Å². The number of benzene rings is 1. The monoisotopic (exact) mass is 276 g/mol. The van der Waals surface area contributed by atoms with Gasteiger partial charge >= 0.3 is 5.69 Å². The Balaban J connectivity index is 2.29. The van der Waals surface area contributed by atoms with Crippen LogP contribution >= 0.6 is 0 Å². The zero-order chi connectivity index (χ0) is 14.5. The van der Waals surface area contributed by atoms with Crippen molar-refractivity contribution in [2.45, 2.75) is 19.8 Å². The van der Waals surface area contributed by atoms with E-state index in [4.69, 9.17) is 4.74 Å². The molecule has 0 saturated carbocycles. The smallest absolute Gasteiger partial charge is 0.333 e. The van der Waals surface area contributed by atoms with Gasteiger partial charge in [0.05, 0.1) is 11.5 Å². The van der Waals surface area contributed by atoms with Crippen LogP contribution in [0.2, 0.25) is 0 Å². The third-order valence-electron chi connectivity index (χ3n) is 3.67. The quantitative estimate of drug-likeness (QED) is 0.470. The third-order valence-corrected chi connectivity index (χ3v) is 3.67. The molecule has 0 unspecified atom stereocenters. The lowest BCUT2D eigenvalue weighted by Crippen LogP contribution is -2.33. The van der Waals surface area contributed by atoms with Crippen molar-refractivity contribution in [2.75, 3.05) is 24.6 Å². The van der Waals surface area contributed by atoms with Gasteiger partial charge in [0.2, 0.25) is 0 Å². The normalized spacial score (nSPS) is 15.9. The Morgan fingerprint density at radius 3 is 2.75 bits per heavy atom. The molecule has 0 spiro atoms. The minimum absolute atomic E-state index is 0.0754. The average molecular weight is 276 g/mol. The summed E-state index contributed by atoms with van der Waals surface area (Å²) in [5.41, 5.74) is 0.731. The van der Waals surface area contributed by atoms with E-state index in [1.54, 1.807) is 12.1 Å². The van der Waals surface area contributed by atoms with Gasteiger partial charge in [-0.3, -0.25) is 10.1 Å². The van der Waals surface area contributed by atoms with Crippen LogP contribution in [0.1, 0.15) is 19.8 Å². The highest BCUT2D eigenvalue weighted by Crippen LogP contribution is 2.38. The molecule has 0 aromatic heterocycles. The van der Waals surface area contributed by atoms with Gasteiger partial charge in [-0.05, 0) is 37.8 Å². The molecule has 108 valence electrons. The predicted molar refractivity (Wildman–Crippen MR) is 79.4 cm³/mol. The lowest BCUT2D eigenvalue weighted by Gasteiger charge is -2.32. The van der Waals surface area contributed by atoms with Gasteiger partial charge in [-0.1, -0.05) is 12.1 Å². The second-order valence-corrected chi connectivity index (χ2v) is 4.87. The van der Waals surface area contributed by atoms with Gasteiger partial charge in [-0.15, -0.1) is 6.58 Å². The summed E-state index contributed by atoms with van der Waals surface area (Å²) in [5, 5.41) is 11.4. The molecule has 1 heterocycles. The van der Waals surface area contributed by atoms with Crippen molar-refractivity contribution in [1.82, 2.24) is 0 Å². The maximum Gasteiger partial charge on any atom is 0.333 e. The molecule has 0 bridgehead atoms. The minimum Gasteiger partial charge on any atom is -0.487 e. The number of nitrogens with zero attached hydrogens (tertiary/aromatic N) is 2. The molecule has 5 heteroatoms. The highest BCUT2D eigenvalue weighted by atomic mass is 16.6. The Morgan fingerprint density at radius 2 is 2.20 bits per heavy atom. The zero-order valence-corrected chi connectivity index (χ0v) is 11.7. The first kappa shape index (κ1) is 14.4. The van der Waals surface area contributed by atoms with Gasteiger partial charge < -0.3 is 9.64 Å². The second kappa shape index (κ2) is 6.41. The predicted octanol–water partition coefficient (Wildman–Crippen LogP) is 3.40. The number of nitro benzene ring substituents is 1. The van der Waals surface area contributed by atoms with Gasteiger partial charge in [0.25, 0.3) is 0 Å². The number of rotatable bonds is 5. The fourth-order valence-electron chi connectivity index (χ4n) is 2.60. The van der Waals surface area contributed by atoms with E-state index in [-0.39, 0.29) is 10.6 Å². The van der Waals surface area contributed by atoms with Gasteiger partial charge in [0.1, 0.15) is 5.69 Å². The van der Waals surface area contributed by atoms with E-state index in [1.807, 2.05) is 19.1 Å². The van der Waals surface area contributed by atoms with Gasteiger partial charge in [0.15, 0.2) is 5.75 Å². The number of allylic oxidation sites excluding steroid dienone is 1. The first-order valence-corrected chi connectivity index (χ1v) is 6.95. The Labute approximate surface area is 119 Å². The number of piperidine rings is 1. The molecular weight excluding hydrogens is 256 g/mol. The number of anilines is 1. The van der Waals surface area contributed by atoms with Crippen LogP contribution in [0, 0.1) is 16.0 Å². The van der Waals surface area contributed by atoms with E-state index < -0.39 is 0 Å². The summed E-state index contributed by atoms with van der Waals surface area (Å²) in [4.78, 5) is 13.1. The van der Waals surface area contributed by atoms with E-state index >= 15 is 0 Å². The lowest BCUT2D eigenvalue weighted by atomic mass is 9.96. The van der Waals surface area contributed by atoms with Crippen LogP contribution in [-0.2, 0) is 0 Å². The standard InChI is InChI=1S/C15H20N2O3/c1-3-12-8-10-16(11-9-12)13-6-5-7-14(20-4-2)15(13)17(18)19/h3,5-7,12H,1,4,8-11H2,2H3. The molecule has 0 atom stereocenters. The Morgan fingerprint density at radius 1 is 1.50 bits per heavy atom. The minimum atomic E-state index is -0.347. The molecule has 0 radical (unpaired) electrons. The van der Waals surface area contributed by atoms with Crippen molar-refractivity contribution < 1.29 is 9.66 Å². The summed E-state index contributed by atoms with van der Waals surface area (Å²) in [6, 6.07) is 5.27. The highest BCUT2D eigenvalue weighted by Gasteiger charge is 2.27.